The van der Waals surface area contributed by atoms with Crippen LogP contribution < -0.4 is 5.32 Å². The molecule has 0 rings (SSSR count). The molecule has 104 valence electrons. The lowest BCUT2D eigenvalue weighted by atomic mass is 9.94. The van der Waals surface area contributed by atoms with Gasteiger partial charge in [-0.3, -0.25) is 0 Å². The second-order valence-corrected chi connectivity index (χ2v) is 6.90. The van der Waals surface area contributed by atoms with Gasteiger partial charge in [0.25, 0.3) is 0 Å². The highest BCUT2D eigenvalue weighted by atomic mass is 16.3. The van der Waals surface area contributed by atoms with Crippen molar-refractivity contribution in [1.82, 2.24) is 5.32 Å². The minimum absolute atomic E-state index is 0.353. The summed E-state index contributed by atoms with van der Waals surface area (Å²) in [5.41, 5.74) is 0.369. The van der Waals surface area contributed by atoms with Crippen LogP contribution in [0.15, 0.2) is 0 Å². The number of rotatable bonds is 9. The molecule has 0 spiro atoms. The zero-order valence-electron chi connectivity index (χ0n) is 12.6. The molecular formula is C15H33NO. The molecular weight excluding hydrogens is 210 g/mol. The molecule has 0 aromatic heterocycles. The van der Waals surface area contributed by atoms with Gasteiger partial charge in [-0.05, 0) is 49.6 Å². The van der Waals surface area contributed by atoms with Gasteiger partial charge in [0, 0.05) is 6.61 Å². The van der Waals surface area contributed by atoms with Gasteiger partial charge in [-0.15, -0.1) is 0 Å². The first-order chi connectivity index (χ1) is 7.85. The minimum atomic E-state index is 0.353. The van der Waals surface area contributed by atoms with Crippen LogP contribution in [0.4, 0.5) is 0 Å². The van der Waals surface area contributed by atoms with Crippen molar-refractivity contribution in [3.8, 4) is 0 Å². The zero-order valence-corrected chi connectivity index (χ0v) is 12.6. The van der Waals surface area contributed by atoms with Crippen molar-refractivity contribution in [3.63, 3.8) is 0 Å². The third kappa shape index (κ3) is 12.2. The van der Waals surface area contributed by atoms with Gasteiger partial charge in [0.1, 0.15) is 0 Å². The van der Waals surface area contributed by atoms with Crippen LogP contribution in [0.5, 0.6) is 0 Å². The van der Waals surface area contributed by atoms with Crippen molar-refractivity contribution in [3.05, 3.63) is 0 Å². The molecule has 2 nitrogen and oxygen atoms in total. The van der Waals surface area contributed by atoms with E-state index in [2.05, 4.69) is 39.9 Å². The van der Waals surface area contributed by atoms with Crippen LogP contribution in [0.2, 0.25) is 0 Å². The molecule has 17 heavy (non-hydrogen) atoms. The zero-order chi connectivity index (χ0) is 13.3. The number of aliphatic hydroxyl groups excluding tert-OH is 1. The second kappa shape index (κ2) is 8.93. The van der Waals surface area contributed by atoms with Gasteiger partial charge in [0.15, 0.2) is 0 Å². The van der Waals surface area contributed by atoms with Crippen molar-refractivity contribution in [2.45, 2.75) is 60.3 Å². The van der Waals surface area contributed by atoms with Gasteiger partial charge in [0.2, 0.25) is 0 Å². The maximum absolute atomic E-state index is 9.30. The van der Waals surface area contributed by atoms with Crippen LogP contribution in [-0.2, 0) is 0 Å². The van der Waals surface area contributed by atoms with Crippen LogP contribution >= 0.6 is 0 Å². The summed E-state index contributed by atoms with van der Waals surface area (Å²) < 4.78 is 0. The Labute approximate surface area is 108 Å². The van der Waals surface area contributed by atoms with Crippen LogP contribution in [0.3, 0.4) is 0 Å². The fourth-order valence-corrected chi connectivity index (χ4v) is 1.88. The van der Waals surface area contributed by atoms with Crippen LogP contribution in [0, 0.1) is 17.3 Å². The summed E-state index contributed by atoms with van der Waals surface area (Å²) in [7, 11) is 0. The molecule has 0 aliphatic heterocycles. The molecule has 2 N–H and O–H groups in total. The molecule has 0 amide bonds. The van der Waals surface area contributed by atoms with E-state index in [0.29, 0.717) is 17.9 Å². The van der Waals surface area contributed by atoms with Gasteiger partial charge < -0.3 is 10.4 Å². The van der Waals surface area contributed by atoms with E-state index in [4.69, 9.17) is 0 Å². The Bertz CT molecular complexity index is 172. The van der Waals surface area contributed by atoms with Crippen molar-refractivity contribution in [2.75, 3.05) is 19.7 Å². The quantitative estimate of drug-likeness (QED) is 0.608. The number of nitrogens with one attached hydrogen (secondary N) is 1. The summed E-state index contributed by atoms with van der Waals surface area (Å²) in [6, 6.07) is 0. The lowest BCUT2D eigenvalue weighted by molar-refractivity contribution is 0.201. The summed E-state index contributed by atoms with van der Waals surface area (Å²) in [5, 5.41) is 12.8. The van der Waals surface area contributed by atoms with Gasteiger partial charge in [0.05, 0.1) is 0 Å². The Kier molecular flexibility index (Phi) is 8.89. The highest BCUT2D eigenvalue weighted by Crippen LogP contribution is 2.16. The van der Waals surface area contributed by atoms with E-state index in [1.165, 1.54) is 19.3 Å². The molecule has 0 heterocycles. The van der Waals surface area contributed by atoms with Crippen molar-refractivity contribution >= 4 is 0 Å². The number of hydrogen-bond donors (Lipinski definition) is 2. The van der Waals surface area contributed by atoms with Crippen LogP contribution in [-0.4, -0.2) is 24.8 Å². The largest absolute Gasteiger partial charge is 0.396 e. The van der Waals surface area contributed by atoms with Crippen molar-refractivity contribution in [1.29, 1.82) is 0 Å². The van der Waals surface area contributed by atoms with E-state index in [-0.39, 0.29) is 0 Å². The molecule has 0 saturated heterocycles. The summed E-state index contributed by atoms with van der Waals surface area (Å²) in [6.07, 6.45) is 4.74. The fourth-order valence-electron chi connectivity index (χ4n) is 1.88. The summed E-state index contributed by atoms with van der Waals surface area (Å²) in [4.78, 5) is 0. The van der Waals surface area contributed by atoms with Crippen LogP contribution in [0.1, 0.15) is 60.3 Å². The molecule has 0 radical (unpaired) electrons. The van der Waals surface area contributed by atoms with E-state index >= 15 is 0 Å². The lowest BCUT2D eigenvalue weighted by Crippen LogP contribution is -2.28. The first kappa shape index (κ1) is 16.9. The van der Waals surface area contributed by atoms with Gasteiger partial charge >= 0.3 is 0 Å². The van der Waals surface area contributed by atoms with Crippen LogP contribution in [0.25, 0.3) is 0 Å². The van der Waals surface area contributed by atoms with E-state index in [1.54, 1.807) is 0 Å². The standard InChI is InChI=1S/C15H33NO/c1-13(2)8-9-14(11-17)7-6-10-16-12-15(3,4)5/h13-14,16-17H,6-12H2,1-5H3/t14-/m0/s1. The highest BCUT2D eigenvalue weighted by Gasteiger charge is 2.10. The summed E-state index contributed by atoms with van der Waals surface area (Å²) in [6.45, 7) is 13.8. The molecule has 2 heteroatoms. The van der Waals surface area contributed by atoms with E-state index in [9.17, 15) is 5.11 Å². The fraction of sp³-hybridized carbons (Fsp3) is 1.00. The van der Waals surface area contributed by atoms with Gasteiger partial charge in [-0.2, -0.15) is 0 Å². The number of hydrogen-bond acceptors (Lipinski definition) is 2. The summed E-state index contributed by atoms with van der Waals surface area (Å²) >= 11 is 0. The molecule has 0 unspecified atom stereocenters. The third-order valence-corrected chi connectivity index (χ3v) is 3.03. The lowest BCUT2D eigenvalue weighted by Gasteiger charge is -2.19. The highest BCUT2D eigenvalue weighted by molar-refractivity contribution is 4.66. The molecule has 1 atom stereocenters. The van der Waals surface area contributed by atoms with Gasteiger partial charge in [-0.1, -0.05) is 41.0 Å². The Balaban J connectivity index is 3.50. The molecule has 0 bridgehead atoms. The maximum Gasteiger partial charge on any atom is 0.0459 e. The normalized spacial score (nSPS) is 14.3. The average Bonchev–Trinajstić information content (AvgIpc) is 2.20. The first-order valence-electron chi connectivity index (χ1n) is 7.16. The predicted molar refractivity (Wildman–Crippen MR) is 76.2 cm³/mol. The second-order valence-electron chi connectivity index (χ2n) is 6.90. The van der Waals surface area contributed by atoms with E-state index < -0.39 is 0 Å². The molecule has 0 saturated carbocycles. The van der Waals surface area contributed by atoms with E-state index in [0.717, 1.165) is 25.4 Å². The van der Waals surface area contributed by atoms with E-state index in [1.807, 2.05) is 0 Å². The molecule has 0 aliphatic carbocycles. The molecule has 0 aliphatic rings. The summed E-state index contributed by atoms with van der Waals surface area (Å²) in [5.74, 6) is 1.26. The molecule has 0 aromatic rings. The maximum atomic E-state index is 9.30. The van der Waals surface area contributed by atoms with Crippen molar-refractivity contribution < 1.29 is 5.11 Å². The monoisotopic (exact) mass is 243 g/mol. The SMILES string of the molecule is CC(C)CC[C@@H](CO)CCCNCC(C)(C)C. The smallest absolute Gasteiger partial charge is 0.0459 e. The third-order valence-electron chi connectivity index (χ3n) is 3.03. The average molecular weight is 243 g/mol. The first-order valence-corrected chi connectivity index (χ1v) is 7.16. The number of aliphatic hydroxyl groups is 1. The Morgan fingerprint density at radius 2 is 1.71 bits per heavy atom. The molecule has 0 fully saturated rings. The van der Waals surface area contributed by atoms with Gasteiger partial charge in [-0.25, -0.2) is 0 Å². The Hall–Kier alpha value is -0.0800. The Morgan fingerprint density at radius 3 is 2.18 bits per heavy atom. The minimum Gasteiger partial charge on any atom is -0.396 e. The predicted octanol–water partition coefficient (Wildman–Crippen LogP) is 3.45. The Morgan fingerprint density at radius 1 is 1.06 bits per heavy atom. The molecule has 0 aromatic carbocycles. The van der Waals surface area contributed by atoms with Crippen molar-refractivity contribution in [2.24, 2.45) is 17.3 Å². The topological polar surface area (TPSA) is 32.3 Å².